The molecule has 2 atom stereocenters. The van der Waals surface area contributed by atoms with Gasteiger partial charge in [0.1, 0.15) is 0 Å². The van der Waals surface area contributed by atoms with E-state index in [9.17, 15) is 9.59 Å². The Labute approximate surface area is 173 Å². The Bertz CT molecular complexity index is 391. The minimum absolute atomic E-state index is 0. The third-order valence-electron chi connectivity index (χ3n) is 6.30. The molecule has 0 amide bonds. The molecule has 0 heterocycles. The van der Waals surface area contributed by atoms with Gasteiger partial charge in [0.25, 0.3) is 0 Å². The van der Waals surface area contributed by atoms with Gasteiger partial charge in [0.05, 0.1) is 0 Å². The van der Waals surface area contributed by atoms with E-state index in [2.05, 4.69) is 27.7 Å². The standard InChI is InChI=1S/2C10H18O2.Cd/c2*1-10(2)6-4-3-5-8(10)7-9(11)12;/h2*8H,3-7H2,1-2H3,(H,11,12);. The number of carbonyl (C=O) groups is 2. The van der Waals surface area contributed by atoms with Crippen molar-refractivity contribution in [3.63, 3.8) is 0 Å². The molecule has 2 fully saturated rings. The molecule has 0 radical (unpaired) electrons. The maximum absolute atomic E-state index is 10.6. The van der Waals surface area contributed by atoms with Crippen LogP contribution in [-0.2, 0) is 36.9 Å². The van der Waals surface area contributed by atoms with Crippen molar-refractivity contribution >= 4 is 11.9 Å². The van der Waals surface area contributed by atoms with Gasteiger partial charge in [-0.15, -0.1) is 0 Å². The first kappa shape index (κ1) is 24.9. The van der Waals surface area contributed by atoms with Crippen LogP contribution in [0.15, 0.2) is 0 Å². The minimum atomic E-state index is -0.644. The Morgan fingerprint density at radius 1 is 0.760 bits per heavy atom. The number of carboxylic acids is 2. The first-order valence-electron chi connectivity index (χ1n) is 9.48. The molecule has 0 aromatic carbocycles. The summed E-state index contributed by atoms with van der Waals surface area (Å²) in [7, 11) is 0. The Morgan fingerprint density at radius 3 is 1.32 bits per heavy atom. The van der Waals surface area contributed by atoms with E-state index in [0.717, 1.165) is 12.8 Å². The van der Waals surface area contributed by atoms with Crippen LogP contribution < -0.4 is 0 Å². The van der Waals surface area contributed by atoms with Gasteiger partial charge in [-0.1, -0.05) is 53.4 Å². The van der Waals surface area contributed by atoms with Gasteiger partial charge in [-0.2, -0.15) is 0 Å². The largest absolute Gasteiger partial charge is 0.481 e. The molecule has 2 rings (SSSR count). The second-order valence-corrected chi connectivity index (χ2v) is 9.06. The van der Waals surface area contributed by atoms with E-state index < -0.39 is 11.9 Å². The Kier molecular flexibility index (Phi) is 10.8. The van der Waals surface area contributed by atoms with Crippen molar-refractivity contribution in [1.29, 1.82) is 0 Å². The van der Waals surface area contributed by atoms with Crippen LogP contribution in [0.3, 0.4) is 0 Å². The number of hydrogen-bond donors (Lipinski definition) is 2. The van der Waals surface area contributed by atoms with Crippen LogP contribution in [0.4, 0.5) is 0 Å². The molecule has 142 valence electrons. The zero-order valence-corrected chi connectivity index (χ0v) is 20.7. The fourth-order valence-electron chi connectivity index (χ4n) is 4.31. The van der Waals surface area contributed by atoms with Gasteiger partial charge in [-0.05, 0) is 48.3 Å². The van der Waals surface area contributed by atoms with Crippen molar-refractivity contribution in [2.45, 2.75) is 91.9 Å². The molecule has 5 heteroatoms. The van der Waals surface area contributed by atoms with Crippen molar-refractivity contribution < 1.29 is 47.1 Å². The summed E-state index contributed by atoms with van der Waals surface area (Å²) >= 11 is 0. The molecule has 0 spiro atoms. The van der Waals surface area contributed by atoms with Gasteiger partial charge in [0, 0.05) is 40.1 Å². The monoisotopic (exact) mass is 454 g/mol. The molecule has 0 aromatic heterocycles. The van der Waals surface area contributed by atoms with Gasteiger partial charge in [0.15, 0.2) is 0 Å². The molecule has 25 heavy (non-hydrogen) atoms. The predicted octanol–water partition coefficient (Wildman–Crippen LogP) is 5.35. The summed E-state index contributed by atoms with van der Waals surface area (Å²) < 4.78 is 0. The van der Waals surface area contributed by atoms with Crippen molar-refractivity contribution in [2.24, 2.45) is 22.7 Å². The van der Waals surface area contributed by atoms with Crippen LogP contribution >= 0.6 is 0 Å². The zero-order chi connectivity index (χ0) is 18.4. The smallest absolute Gasteiger partial charge is 0.303 e. The van der Waals surface area contributed by atoms with Crippen LogP contribution in [0, 0.1) is 22.7 Å². The van der Waals surface area contributed by atoms with Gasteiger partial charge in [-0.25, -0.2) is 0 Å². The number of rotatable bonds is 4. The molecule has 2 aliphatic rings. The van der Waals surface area contributed by atoms with E-state index in [1.807, 2.05) is 0 Å². The molecular formula is C20H36CdO4. The average Bonchev–Trinajstić information content (AvgIpc) is 2.43. The van der Waals surface area contributed by atoms with Gasteiger partial charge in [0.2, 0.25) is 0 Å². The fraction of sp³-hybridized carbons (Fsp3) is 0.900. The van der Waals surface area contributed by atoms with Gasteiger partial charge >= 0.3 is 11.9 Å². The molecular weight excluding hydrogens is 417 g/mol. The number of carboxylic acid groups (broad SMARTS) is 2. The van der Waals surface area contributed by atoms with E-state index >= 15 is 0 Å². The molecule has 2 aliphatic carbocycles. The first-order chi connectivity index (χ1) is 11.0. The maximum Gasteiger partial charge on any atom is 0.303 e. The maximum atomic E-state index is 10.6. The summed E-state index contributed by atoms with van der Waals surface area (Å²) in [6, 6.07) is 0. The van der Waals surface area contributed by atoms with E-state index in [1.54, 1.807) is 0 Å². The molecule has 0 aliphatic heterocycles. The SMILES string of the molecule is CC1(C)CCCCC1CC(=O)O.CC1(C)CCCCC1CC(=O)O.[Cd]. The molecule has 4 nitrogen and oxygen atoms in total. The van der Waals surface area contributed by atoms with Crippen molar-refractivity contribution in [3.8, 4) is 0 Å². The Balaban J connectivity index is 0.000000443. The predicted molar refractivity (Wildman–Crippen MR) is 96.0 cm³/mol. The molecule has 2 unspecified atom stereocenters. The van der Waals surface area contributed by atoms with Gasteiger partial charge in [-0.3, -0.25) is 9.59 Å². The topological polar surface area (TPSA) is 74.6 Å². The van der Waals surface area contributed by atoms with E-state index in [1.165, 1.54) is 38.5 Å². The summed E-state index contributed by atoms with van der Waals surface area (Å²) in [5.74, 6) is -0.502. The van der Waals surface area contributed by atoms with Crippen LogP contribution in [-0.4, -0.2) is 22.2 Å². The normalized spacial score (nSPS) is 27.2. The van der Waals surface area contributed by atoms with Gasteiger partial charge < -0.3 is 10.2 Å². The van der Waals surface area contributed by atoms with E-state index in [-0.39, 0.29) is 38.1 Å². The minimum Gasteiger partial charge on any atom is -0.481 e. The van der Waals surface area contributed by atoms with Crippen LogP contribution in [0.25, 0.3) is 0 Å². The van der Waals surface area contributed by atoms with Crippen molar-refractivity contribution in [2.75, 3.05) is 0 Å². The summed E-state index contributed by atoms with van der Waals surface area (Å²) in [6.07, 6.45) is 10.2. The molecule has 0 bridgehead atoms. The summed E-state index contributed by atoms with van der Waals surface area (Å²) in [5.41, 5.74) is 0.493. The molecule has 2 saturated carbocycles. The zero-order valence-electron chi connectivity index (χ0n) is 16.6. The van der Waals surface area contributed by atoms with Crippen molar-refractivity contribution in [3.05, 3.63) is 0 Å². The summed E-state index contributed by atoms with van der Waals surface area (Å²) in [6.45, 7) is 8.78. The third kappa shape index (κ3) is 8.87. The van der Waals surface area contributed by atoms with Crippen LogP contribution in [0.2, 0.25) is 0 Å². The number of aliphatic carboxylic acids is 2. The van der Waals surface area contributed by atoms with Crippen LogP contribution in [0.1, 0.15) is 91.9 Å². The van der Waals surface area contributed by atoms with Crippen molar-refractivity contribution in [1.82, 2.24) is 0 Å². The molecule has 0 saturated heterocycles. The molecule has 2 N–H and O–H groups in total. The third-order valence-corrected chi connectivity index (χ3v) is 6.30. The van der Waals surface area contributed by atoms with Crippen LogP contribution in [0.5, 0.6) is 0 Å². The second-order valence-electron chi connectivity index (χ2n) is 9.06. The fourth-order valence-corrected chi connectivity index (χ4v) is 4.31. The van der Waals surface area contributed by atoms with E-state index in [4.69, 9.17) is 10.2 Å². The summed E-state index contributed by atoms with van der Waals surface area (Å²) in [5, 5.41) is 17.4. The quantitative estimate of drug-likeness (QED) is 0.563. The Hall–Kier alpha value is -0.138. The average molecular weight is 453 g/mol. The Morgan fingerprint density at radius 2 is 1.08 bits per heavy atom. The molecule has 0 aromatic rings. The van der Waals surface area contributed by atoms with E-state index in [0.29, 0.717) is 24.7 Å². The summed E-state index contributed by atoms with van der Waals surface area (Å²) in [4.78, 5) is 21.1. The number of hydrogen-bond acceptors (Lipinski definition) is 2. The second kappa shape index (κ2) is 10.9. The first-order valence-corrected chi connectivity index (χ1v) is 9.48.